The number of hydrogen-bond donors (Lipinski definition) is 2. The number of amides is 1. The first-order chi connectivity index (χ1) is 6.52. The van der Waals surface area contributed by atoms with Gasteiger partial charge in [0.25, 0.3) is 0 Å². The molecule has 1 amide bonds. The molecule has 0 aliphatic rings. The molecule has 0 radical (unpaired) electrons. The van der Waals surface area contributed by atoms with Crippen LogP contribution in [0.3, 0.4) is 0 Å². The van der Waals surface area contributed by atoms with E-state index in [0.29, 0.717) is 6.42 Å². The van der Waals surface area contributed by atoms with Crippen LogP contribution in [0.4, 0.5) is 0 Å². The molecule has 14 heavy (non-hydrogen) atoms. The van der Waals surface area contributed by atoms with E-state index in [0.717, 1.165) is 6.42 Å². The number of hydrogen-bond acceptors (Lipinski definition) is 4. The molecule has 1 unspecified atom stereocenters. The van der Waals surface area contributed by atoms with Crippen LogP contribution in [-0.2, 0) is 14.3 Å². The Morgan fingerprint density at radius 1 is 1.50 bits per heavy atom. The third-order valence-corrected chi connectivity index (χ3v) is 1.85. The van der Waals surface area contributed by atoms with E-state index < -0.39 is 18.1 Å². The summed E-state index contributed by atoms with van der Waals surface area (Å²) in [6.45, 7) is 3.50. The molecule has 0 aromatic heterocycles. The number of carbonyl (C=O) groups excluding carboxylic acids is 2. The highest BCUT2D eigenvalue weighted by molar-refractivity contribution is 5.87. The van der Waals surface area contributed by atoms with Crippen molar-refractivity contribution in [2.24, 2.45) is 5.73 Å². The summed E-state index contributed by atoms with van der Waals surface area (Å²) in [5, 5.41) is 2.48. The lowest BCUT2D eigenvalue weighted by atomic mass is 10.1. The molecule has 0 aromatic rings. The van der Waals surface area contributed by atoms with Gasteiger partial charge in [0.15, 0.2) is 0 Å². The van der Waals surface area contributed by atoms with Crippen LogP contribution in [0.25, 0.3) is 0 Å². The number of rotatable bonds is 5. The van der Waals surface area contributed by atoms with Gasteiger partial charge in [0.1, 0.15) is 6.04 Å². The molecule has 0 fully saturated rings. The first kappa shape index (κ1) is 12.9. The smallest absolute Gasteiger partial charge is 0.328 e. The summed E-state index contributed by atoms with van der Waals surface area (Å²) in [4.78, 5) is 22.3. The van der Waals surface area contributed by atoms with Gasteiger partial charge in [-0.1, -0.05) is 13.3 Å². The summed E-state index contributed by atoms with van der Waals surface area (Å²) < 4.78 is 4.46. The van der Waals surface area contributed by atoms with Crippen LogP contribution in [0.15, 0.2) is 0 Å². The summed E-state index contributed by atoms with van der Waals surface area (Å²) in [7, 11) is 1.27. The van der Waals surface area contributed by atoms with Gasteiger partial charge in [-0.15, -0.1) is 0 Å². The zero-order valence-corrected chi connectivity index (χ0v) is 8.87. The van der Waals surface area contributed by atoms with E-state index in [2.05, 4.69) is 10.1 Å². The Labute approximate surface area is 84.0 Å². The predicted molar refractivity (Wildman–Crippen MR) is 52.5 cm³/mol. The Kier molecular flexibility index (Phi) is 5.87. The summed E-state index contributed by atoms with van der Waals surface area (Å²) in [6.07, 6.45) is 1.45. The average Bonchev–Trinajstić information content (AvgIpc) is 2.16. The van der Waals surface area contributed by atoms with Crippen molar-refractivity contribution in [1.29, 1.82) is 0 Å². The Morgan fingerprint density at radius 3 is 2.50 bits per heavy atom. The third-order valence-electron chi connectivity index (χ3n) is 1.85. The van der Waals surface area contributed by atoms with E-state index in [4.69, 9.17) is 5.73 Å². The monoisotopic (exact) mass is 202 g/mol. The standard InChI is InChI=1S/C9H18N2O3/c1-4-5-7(10)8(12)11-6(2)9(13)14-3/h6-7H,4-5,10H2,1-3H3,(H,11,12)/t6-,7?/m0/s1. The number of ether oxygens (including phenoxy) is 1. The maximum absolute atomic E-state index is 11.3. The number of methoxy groups -OCH3 is 1. The Bertz CT molecular complexity index is 206. The maximum Gasteiger partial charge on any atom is 0.328 e. The van der Waals surface area contributed by atoms with E-state index >= 15 is 0 Å². The highest BCUT2D eigenvalue weighted by atomic mass is 16.5. The first-order valence-corrected chi connectivity index (χ1v) is 4.66. The van der Waals surface area contributed by atoms with Gasteiger partial charge in [0.2, 0.25) is 5.91 Å². The van der Waals surface area contributed by atoms with Crippen LogP contribution in [0.2, 0.25) is 0 Å². The quantitative estimate of drug-likeness (QED) is 0.604. The fraction of sp³-hybridized carbons (Fsp3) is 0.778. The molecule has 0 saturated carbocycles. The van der Waals surface area contributed by atoms with Crippen LogP contribution in [0, 0.1) is 0 Å². The second-order valence-corrected chi connectivity index (χ2v) is 3.15. The van der Waals surface area contributed by atoms with Crippen LogP contribution < -0.4 is 11.1 Å². The molecule has 0 aromatic carbocycles. The number of carbonyl (C=O) groups is 2. The summed E-state index contributed by atoms with van der Waals surface area (Å²) in [5.41, 5.74) is 5.55. The van der Waals surface area contributed by atoms with Crippen LogP contribution >= 0.6 is 0 Å². The number of nitrogens with two attached hydrogens (primary N) is 1. The van der Waals surface area contributed by atoms with Crippen molar-refractivity contribution in [1.82, 2.24) is 5.32 Å². The fourth-order valence-corrected chi connectivity index (χ4v) is 0.998. The van der Waals surface area contributed by atoms with Crippen molar-refractivity contribution < 1.29 is 14.3 Å². The molecule has 5 heteroatoms. The van der Waals surface area contributed by atoms with Crippen LogP contribution in [0.5, 0.6) is 0 Å². The summed E-state index contributed by atoms with van der Waals surface area (Å²) in [6, 6.07) is -1.19. The van der Waals surface area contributed by atoms with Gasteiger partial charge in [-0.3, -0.25) is 4.79 Å². The predicted octanol–water partition coefficient (Wildman–Crippen LogP) is -0.208. The van der Waals surface area contributed by atoms with Gasteiger partial charge in [0, 0.05) is 0 Å². The van der Waals surface area contributed by atoms with E-state index in [-0.39, 0.29) is 5.91 Å². The normalized spacial score (nSPS) is 14.3. The molecule has 0 rings (SSSR count). The van der Waals surface area contributed by atoms with E-state index in [1.807, 2.05) is 6.92 Å². The molecule has 0 heterocycles. The molecule has 0 aliphatic carbocycles. The minimum atomic E-state index is -0.643. The zero-order chi connectivity index (χ0) is 11.1. The minimum absolute atomic E-state index is 0.315. The van der Waals surface area contributed by atoms with Gasteiger partial charge in [-0.2, -0.15) is 0 Å². The van der Waals surface area contributed by atoms with Crippen molar-refractivity contribution in [3.8, 4) is 0 Å². The van der Waals surface area contributed by atoms with Crippen LogP contribution in [0.1, 0.15) is 26.7 Å². The largest absolute Gasteiger partial charge is 0.467 e. The SMILES string of the molecule is CCCC(N)C(=O)N[C@@H](C)C(=O)OC. The maximum atomic E-state index is 11.3. The third kappa shape index (κ3) is 4.23. The molecule has 0 saturated heterocycles. The minimum Gasteiger partial charge on any atom is -0.467 e. The highest BCUT2D eigenvalue weighted by Gasteiger charge is 2.19. The van der Waals surface area contributed by atoms with Gasteiger partial charge < -0.3 is 15.8 Å². The van der Waals surface area contributed by atoms with E-state index in [9.17, 15) is 9.59 Å². The lowest BCUT2D eigenvalue weighted by Gasteiger charge is -2.15. The van der Waals surface area contributed by atoms with Crippen molar-refractivity contribution in [3.63, 3.8) is 0 Å². The van der Waals surface area contributed by atoms with Crippen molar-refractivity contribution in [2.75, 3.05) is 7.11 Å². The van der Waals surface area contributed by atoms with Crippen molar-refractivity contribution >= 4 is 11.9 Å². The second kappa shape index (κ2) is 6.37. The molecule has 0 bridgehead atoms. The second-order valence-electron chi connectivity index (χ2n) is 3.15. The van der Waals surface area contributed by atoms with Crippen molar-refractivity contribution in [3.05, 3.63) is 0 Å². The van der Waals surface area contributed by atoms with E-state index in [1.54, 1.807) is 6.92 Å². The van der Waals surface area contributed by atoms with Gasteiger partial charge >= 0.3 is 5.97 Å². The van der Waals surface area contributed by atoms with Gasteiger partial charge in [-0.05, 0) is 13.3 Å². The van der Waals surface area contributed by atoms with E-state index in [1.165, 1.54) is 7.11 Å². The van der Waals surface area contributed by atoms with Crippen LogP contribution in [-0.4, -0.2) is 31.1 Å². The molecule has 0 spiro atoms. The molecule has 0 aliphatic heterocycles. The Balaban J connectivity index is 3.98. The fourth-order valence-electron chi connectivity index (χ4n) is 0.998. The topological polar surface area (TPSA) is 81.4 Å². The lowest BCUT2D eigenvalue weighted by Crippen LogP contribution is -2.47. The average molecular weight is 202 g/mol. The molecular formula is C9H18N2O3. The van der Waals surface area contributed by atoms with Crippen molar-refractivity contribution in [2.45, 2.75) is 38.8 Å². The number of nitrogens with one attached hydrogen (secondary N) is 1. The van der Waals surface area contributed by atoms with Gasteiger partial charge in [0.05, 0.1) is 13.2 Å². The molecule has 3 N–H and O–H groups in total. The summed E-state index contributed by atoms with van der Waals surface area (Å²) >= 11 is 0. The molecule has 2 atom stereocenters. The molecule has 5 nitrogen and oxygen atoms in total. The number of esters is 1. The Morgan fingerprint density at radius 2 is 2.07 bits per heavy atom. The van der Waals surface area contributed by atoms with Gasteiger partial charge in [-0.25, -0.2) is 4.79 Å². The highest BCUT2D eigenvalue weighted by Crippen LogP contribution is 1.94. The summed E-state index contributed by atoms with van der Waals surface area (Å²) in [5.74, 6) is -0.785. The lowest BCUT2D eigenvalue weighted by molar-refractivity contribution is -0.144. The molecule has 82 valence electrons. The Hall–Kier alpha value is -1.10. The zero-order valence-electron chi connectivity index (χ0n) is 8.87. The molecular weight excluding hydrogens is 184 g/mol. The first-order valence-electron chi connectivity index (χ1n) is 4.66.